The third kappa shape index (κ3) is 10.2. The van der Waals surface area contributed by atoms with Crippen LogP contribution in [-0.4, -0.2) is 118 Å². The summed E-state index contributed by atoms with van der Waals surface area (Å²) in [5.41, 5.74) is 7.44. The number of pyridine rings is 1. The van der Waals surface area contributed by atoms with Gasteiger partial charge < -0.3 is 33.9 Å². The van der Waals surface area contributed by atoms with Gasteiger partial charge in [0, 0.05) is 86.2 Å². The molecule has 63 heavy (non-hydrogen) atoms. The second-order valence-corrected chi connectivity index (χ2v) is 18.7. The van der Waals surface area contributed by atoms with E-state index in [-0.39, 0.29) is 62.6 Å². The van der Waals surface area contributed by atoms with E-state index in [2.05, 4.69) is 48.9 Å². The number of nitrogens with one attached hydrogen (secondary N) is 2. The van der Waals surface area contributed by atoms with E-state index in [0.717, 1.165) is 44.0 Å². The molecule has 2 aliphatic rings. The molecule has 2 aliphatic heterocycles. The van der Waals surface area contributed by atoms with E-state index in [4.69, 9.17) is 24.2 Å². The zero-order valence-electron chi connectivity index (χ0n) is 38.2. The molecule has 2 N–H and O–H groups in total. The number of aromatic nitrogens is 3. The molecule has 0 saturated carbocycles. The average Bonchev–Trinajstić information content (AvgIpc) is 3.85. The average molecular weight is 891 g/mol. The molecule has 3 aromatic heterocycles. The molecule has 17 heteroatoms. The summed E-state index contributed by atoms with van der Waals surface area (Å²) in [6.07, 6.45) is 2.62. The summed E-state index contributed by atoms with van der Waals surface area (Å²) in [4.78, 5) is 68.0. The van der Waals surface area contributed by atoms with Gasteiger partial charge >= 0.3 is 12.0 Å². The molecule has 5 heterocycles. The lowest BCUT2D eigenvalue weighted by Gasteiger charge is -2.47. The molecule has 1 saturated heterocycles. The van der Waals surface area contributed by atoms with E-state index < -0.39 is 35.3 Å². The third-order valence-corrected chi connectivity index (χ3v) is 13.3. The number of halogens is 1. The Hall–Kier alpha value is -4.97. The minimum atomic E-state index is -1.25. The van der Waals surface area contributed by atoms with Crippen molar-refractivity contribution in [2.75, 3.05) is 41.0 Å². The molecule has 4 bridgehead atoms. The number of methoxy groups -OCH3 is 2. The zero-order valence-corrected chi connectivity index (χ0v) is 39.0. The fourth-order valence-corrected chi connectivity index (χ4v) is 9.62. The molecule has 1 aromatic carbocycles. The highest BCUT2D eigenvalue weighted by Crippen LogP contribution is 2.42. The number of rotatable bonds is 10. The van der Waals surface area contributed by atoms with Gasteiger partial charge in [0.2, 0.25) is 5.91 Å². The number of fused-ring (bicyclic) bond motifs is 4. The minimum Gasteiger partial charge on any atom is -0.465 e. The van der Waals surface area contributed by atoms with E-state index in [1.165, 1.54) is 21.9 Å². The smallest absolute Gasteiger partial charge is 0.320 e. The van der Waals surface area contributed by atoms with Crippen molar-refractivity contribution in [3.63, 3.8) is 0 Å². The van der Waals surface area contributed by atoms with Gasteiger partial charge in [0.25, 0.3) is 5.91 Å². The van der Waals surface area contributed by atoms with Gasteiger partial charge in [0.15, 0.2) is 0 Å². The number of likely N-dealkylation sites (N-methyl/N-ethyl adjacent to an activating group) is 1. The van der Waals surface area contributed by atoms with Crippen LogP contribution in [0.5, 0.6) is 0 Å². The van der Waals surface area contributed by atoms with Gasteiger partial charge in [-0.3, -0.25) is 19.4 Å². The maximum Gasteiger partial charge on any atom is 0.320 e. The summed E-state index contributed by atoms with van der Waals surface area (Å²) in [7, 11) is 4.84. The van der Waals surface area contributed by atoms with E-state index in [0.29, 0.717) is 36.6 Å². The summed E-state index contributed by atoms with van der Waals surface area (Å²) in [5, 5.41) is 7.16. The number of thiazole rings is 1. The zero-order chi connectivity index (χ0) is 45.7. The number of carbonyl (C=O) groups excluding carboxylic acids is 4. The van der Waals surface area contributed by atoms with Gasteiger partial charge in [-0.1, -0.05) is 39.4 Å². The molecule has 15 nitrogen and oxygen atoms in total. The normalized spacial score (nSPS) is 20.9. The predicted molar refractivity (Wildman–Crippen MR) is 240 cm³/mol. The minimum absolute atomic E-state index is 0.0413. The van der Waals surface area contributed by atoms with Crippen molar-refractivity contribution in [3.05, 3.63) is 58.2 Å². The van der Waals surface area contributed by atoms with E-state index in [1.54, 1.807) is 32.4 Å². The largest absolute Gasteiger partial charge is 0.465 e. The van der Waals surface area contributed by atoms with Crippen molar-refractivity contribution in [3.8, 4) is 22.5 Å². The first-order valence-electron chi connectivity index (χ1n) is 21.8. The van der Waals surface area contributed by atoms with Gasteiger partial charge in [-0.05, 0) is 75.8 Å². The standard InChI is InChI=1S/C46H63FN8O7S/c1-11-53-36-18-17-30-21-32(36)33(42(53)31-15-14-19-48-40(31)29(5)60-9)23-46(6,7)26-62-39(56)16-12-13-20-55(51-47)44(58)34(22-38-49-35(30)25-63-38)50-43(57)41(27(2)3)52(8)45(59)54-24-37(61-10)28(54)4/h14-15,17-19,21,25,27-29,34,37,41,51H,11-13,16,20,22-24,26H2,1-10H3,(H,50,57)/t28-,29+,34+,37-,41?/m1/s1. The van der Waals surface area contributed by atoms with Gasteiger partial charge in [-0.25, -0.2) is 14.8 Å². The monoisotopic (exact) mass is 890 g/mol. The first-order chi connectivity index (χ1) is 30.0. The Balaban J connectivity index is 1.41. The molecule has 5 atom stereocenters. The fraction of sp³-hybridized carbons (Fsp3) is 0.565. The van der Waals surface area contributed by atoms with Crippen molar-refractivity contribution in [1.82, 2.24) is 40.3 Å². The number of likely N-dealkylation sites (tertiary alicyclic amines) is 1. The first kappa shape index (κ1) is 47.5. The Bertz CT molecular complexity index is 2280. The third-order valence-electron chi connectivity index (χ3n) is 12.4. The second-order valence-electron chi connectivity index (χ2n) is 17.8. The molecule has 1 unspecified atom stereocenters. The SMILES string of the molecule is CCn1c(-c2cccnc2[C@H](C)OC)c2c3cc(ccc31)-c1csc(n1)C[C@H](NC(=O)C(C(C)C)N(C)C(=O)N1C[C@@H](OC)[C@H]1C)C(=O)N(NF)CCCCC(=O)OCC(C)(C)C2. The van der Waals surface area contributed by atoms with Crippen LogP contribution >= 0.6 is 11.3 Å². The molecule has 4 aromatic rings. The number of hydrogen-bond donors (Lipinski definition) is 2. The summed E-state index contributed by atoms with van der Waals surface area (Å²) in [6, 6.07) is 7.54. The number of nitrogens with zero attached hydrogens (tertiary/aromatic N) is 6. The van der Waals surface area contributed by atoms with Crippen LogP contribution < -0.4 is 11.0 Å². The molecule has 0 radical (unpaired) electrons. The lowest BCUT2D eigenvalue weighted by molar-refractivity contribution is -0.147. The van der Waals surface area contributed by atoms with Gasteiger partial charge in [0.05, 0.1) is 53.5 Å². The van der Waals surface area contributed by atoms with Crippen molar-refractivity contribution in [2.24, 2.45) is 11.3 Å². The van der Waals surface area contributed by atoms with Crippen molar-refractivity contribution in [1.29, 1.82) is 0 Å². The maximum absolute atomic E-state index is 14.5. The highest BCUT2D eigenvalue weighted by atomic mass is 32.1. The quantitative estimate of drug-likeness (QED) is 0.127. The lowest BCUT2D eigenvalue weighted by Crippen LogP contribution is -2.66. The summed E-state index contributed by atoms with van der Waals surface area (Å²) < 4.78 is 33.9. The number of carbonyl (C=O) groups is 4. The van der Waals surface area contributed by atoms with E-state index in [1.807, 2.05) is 45.2 Å². The van der Waals surface area contributed by atoms with Crippen LogP contribution in [0.25, 0.3) is 33.4 Å². The Labute approximate surface area is 373 Å². The summed E-state index contributed by atoms with van der Waals surface area (Å²) in [6.45, 7) is 14.9. The van der Waals surface area contributed by atoms with E-state index >= 15 is 0 Å². The molecular formula is C46H63FN8O7S. The van der Waals surface area contributed by atoms with Gasteiger partial charge in [0.1, 0.15) is 12.1 Å². The number of urea groups is 1. The summed E-state index contributed by atoms with van der Waals surface area (Å²) in [5.74, 6) is -2.01. The Morgan fingerprint density at radius 2 is 1.90 bits per heavy atom. The lowest BCUT2D eigenvalue weighted by atomic mass is 9.84. The van der Waals surface area contributed by atoms with Crippen molar-refractivity contribution < 1.29 is 37.9 Å². The molecule has 6 rings (SSSR count). The van der Waals surface area contributed by atoms with Crippen LogP contribution in [0.4, 0.5) is 9.28 Å². The highest BCUT2D eigenvalue weighted by Gasteiger charge is 2.43. The Morgan fingerprint density at radius 3 is 2.57 bits per heavy atom. The van der Waals surface area contributed by atoms with Crippen molar-refractivity contribution in [2.45, 2.75) is 117 Å². The molecule has 342 valence electrons. The number of benzene rings is 1. The van der Waals surface area contributed by atoms with Crippen LogP contribution in [0, 0.1) is 11.3 Å². The highest BCUT2D eigenvalue weighted by molar-refractivity contribution is 7.10. The Morgan fingerprint density at radius 1 is 1.14 bits per heavy atom. The van der Waals surface area contributed by atoms with Gasteiger partial charge in [-0.15, -0.1) is 15.8 Å². The number of aryl methyl sites for hydroxylation is 1. The van der Waals surface area contributed by atoms with E-state index in [9.17, 15) is 23.7 Å². The number of cyclic esters (lactones) is 1. The summed E-state index contributed by atoms with van der Waals surface area (Å²) >= 11 is 1.34. The molecule has 1 fully saturated rings. The first-order valence-corrected chi connectivity index (χ1v) is 22.7. The molecule has 0 aliphatic carbocycles. The van der Waals surface area contributed by atoms with Crippen LogP contribution in [0.3, 0.4) is 0 Å². The van der Waals surface area contributed by atoms with Crippen molar-refractivity contribution >= 4 is 46.1 Å². The number of hydrogen-bond acceptors (Lipinski definition) is 11. The maximum atomic E-state index is 14.5. The number of esters is 1. The molecular weight excluding hydrogens is 828 g/mol. The fourth-order valence-electron chi connectivity index (χ4n) is 8.77. The van der Waals surface area contributed by atoms with Crippen LogP contribution in [0.1, 0.15) is 90.1 Å². The van der Waals surface area contributed by atoms with Crippen LogP contribution in [-0.2, 0) is 48.0 Å². The topological polar surface area (TPSA) is 160 Å². The predicted octanol–water partition coefficient (Wildman–Crippen LogP) is 6.89. The van der Waals surface area contributed by atoms with Crippen LogP contribution in [0.15, 0.2) is 41.9 Å². The number of ether oxygens (including phenoxy) is 3. The molecule has 0 spiro atoms. The van der Waals surface area contributed by atoms with Gasteiger partial charge in [-0.2, -0.15) is 0 Å². The molecule has 4 amide bonds. The van der Waals surface area contributed by atoms with Crippen LogP contribution in [0.2, 0.25) is 0 Å². The Kier molecular flexibility index (Phi) is 15.3. The number of amides is 4. The second kappa shape index (κ2) is 20.2. The number of hydrazine groups is 1.